The molecule has 0 bridgehead atoms. The molecule has 0 unspecified atom stereocenters. The molecule has 0 aliphatic heterocycles. The van der Waals surface area contributed by atoms with Gasteiger partial charge in [-0.15, -0.1) is 0 Å². The molecule has 0 saturated carbocycles. The van der Waals surface area contributed by atoms with E-state index in [1.54, 1.807) is 6.20 Å². The second kappa shape index (κ2) is 3.81. The van der Waals surface area contributed by atoms with Gasteiger partial charge in [-0.25, -0.2) is 4.98 Å². The molecule has 6 heteroatoms. The maximum absolute atomic E-state index is 8.67. The Morgan fingerprint density at radius 2 is 2.36 bits per heavy atom. The SMILES string of the molecule is OCCNc1nc(Cl)nc2cc[nH]c12. The van der Waals surface area contributed by atoms with Gasteiger partial charge in [0.25, 0.3) is 0 Å². The minimum absolute atomic E-state index is 0.0455. The van der Waals surface area contributed by atoms with Crippen LogP contribution in [0.15, 0.2) is 12.3 Å². The fourth-order valence-electron chi connectivity index (χ4n) is 1.22. The first-order valence-electron chi connectivity index (χ1n) is 4.16. The van der Waals surface area contributed by atoms with E-state index in [9.17, 15) is 0 Å². The van der Waals surface area contributed by atoms with E-state index in [2.05, 4.69) is 20.3 Å². The first-order valence-corrected chi connectivity index (χ1v) is 4.54. The lowest BCUT2D eigenvalue weighted by atomic mass is 10.4. The van der Waals surface area contributed by atoms with E-state index in [0.717, 1.165) is 11.0 Å². The quantitative estimate of drug-likeness (QED) is 0.664. The Morgan fingerprint density at radius 1 is 1.50 bits per heavy atom. The molecular weight excluding hydrogens is 204 g/mol. The van der Waals surface area contributed by atoms with E-state index in [1.165, 1.54) is 0 Å². The van der Waals surface area contributed by atoms with Crippen LogP contribution < -0.4 is 5.32 Å². The minimum Gasteiger partial charge on any atom is -0.395 e. The number of hydrogen-bond acceptors (Lipinski definition) is 4. The summed E-state index contributed by atoms with van der Waals surface area (Å²) in [5.41, 5.74) is 1.55. The van der Waals surface area contributed by atoms with Crippen LogP contribution in [0.1, 0.15) is 0 Å². The van der Waals surface area contributed by atoms with Gasteiger partial charge in [0, 0.05) is 12.7 Å². The molecular formula is C8H9ClN4O. The van der Waals surface area contributed by atoms with Crippen molar-refractivity contribution in [1.82, 2.24) is 15.0 Å². The lowest BCUT2D eigenvalue weighted by Crippen LogP contribution is -2.07. The molecule has 2 aromatic rings. The predicted molar refractivity (Wildman–Crippen MR) is 54.5 cm³/mol. The van der Waals surface area contributed by atoms with Crippen molar-refractivity contribution in [3.63, 3.8) is 0 Å². The number of nitrogens with one attached hydrogen (secondary N) is 2. The average Bonchev–Trinajstić information content (AvgIpc) is 2.61. The number of halogens is 1. The van der Waals surface area contributed by atoms with Gasteiger partial charge < -0.3 is 15.4 Å². The van der Waals surface area contributed by atoms with Crippen molar-refractivity contribution < 1.29 is 5.11 Å². The maximum atomic E-state index is 8.67. The van der Waals surface area contributed by atoms with E-state index in [1.807, 2.05) is 6.07 Å². The molecule has 0 amide bonds. The first-order chi connectivity index (χ1) is 6.81. The van der Waals surface area contributed by atoms with Crippen molar-refractivity contribution in [2.75, 3.05) is 18.5 Å². The molecule has 0 fully saturated rings. The monoisotopic (exact) mass is 212 g/mol. The molecule has 0 spiro atoms. The molecule has 0 radical (unpaired) electrons. The molecule has 2 rings (SSSR count). The zero-order valence-corrected chi connectivity index (χ0v) is 8.04. The van der Waals surface area contributed by atoms with Gasteiger partial charge in [-0.2, -0.15) is 4.98 Å². The van der Waals surface area contributed by atoms with Crippen molar-refractivity contribution in [2.45, 2.75) is 0 Å². The topological polar surface area (TPSA) is 73.8 Å². The molecule has 0 atom stereocenters. The molecule has 2 heterocycles. The van der Waals surface area contributed by atoms with Crippen LogP contribution in [0.4, 0.5) is 5.82 Å². The Morgan fingerprint density at radius 3 is 3.14 bits per heavy atom. The van der Waals surface area contributed by atoms with E-state index >= 15 is 0 Å². The van der Waals surface area contributed by atoms with Crippen LogP contribution in [0.2, 0.25) is 5.28 Å². The van der Waals surface area contributed by atoms with E-state index in [0.29, 0.717) is 12.4 Å². The highest BCUT2D eigenvalue weighted by molar-refractivity contribution is 6.28. The summed E-state index contributed by atoms with van der Waals surface area (Å²) in [6, 6.07) is 1.81. The Hall–Kier alpha value is -1.33. The van der Waals surface area contributed by atoms with Gasteiger partial charge in [-0.1, -0.05) is 0 Å². The van der Waals surface area contributed by atoms with Crippen LogP contribution >= 0.6 is 11.6 Å². The number of aliphatic hydroxyl groups excluding tert-OH is 1. The van der Waals surface area contributed by atoms with E-state index in [4.69, 9.17) is 16.7 Å². The Kier molecular flexibility index (Phi) is 2.51. The fourth-order valence-corrected chi connectivity index (χ4v) is 1.39. The molecule has 14 heavy (non-hydrogen) atoms. The smallest absolute Gasteiger partial charge is 0.225 e. The minimum atomic E-state index is 0.0455. The van der Waals surface area contributed by atoms with E-state index < -0.39 is 0 Å². The lowest BCUT2D eigenvalue weighted by Gasteiger charge is -2.04. The van der Waals surface area contributed by atoms with Crippen LogP contribution in [-0.4, -0.2) is 33.2 Å². The molecule has 0 aliphatic rings. The highest BCUT2D eigenvalue weighted by Crippen LogP contribution is 2.19. The maximum Gasteiger partial charge on any atom is 0.225 e. The van der Waals surface area contributed by atoms with Crippen LogP contribution in [0.25, 0.3) is 11.0 Å². The second-order valence-corrected chi connectivity index (χ2v) is 3.07. The van der Waals surface area contributed by atoms with E-state index in [-0.39, 0.29) is 11.9 Å². The molecule has 74 valence electrons. The molecule has 0 saturated heterocycles. The van der Waals surface area contributed by atoms with Gasteiger partial charge in [-0.3, -0.25) is 0 Å². The number of fused-ring (bicyclic) bond motifs is 1. The lowest BCUT2D eigenvalue weighted by molar-refractivity contribution is 0.311. The third kappa shape index (κ3) is 1.64. The largest absolute Gasteiger partial charge is 0.395 e. The number of rotatable bonds is 3. The first kappa shape index (κ1) is 9.23. The van der Waals surface area contributed by atoms with Crippen LogP contribution in [0.5, 0.6) is 0 Å². The van der Waals surface area contributed by atoms with Gasteiger partial charge >= 0.3 is 0 Å². The highest BCUT2D eigenvalue weighted by Gasteiger charge is 2.06. The van der Waals surface area contributed by atoms with Crippen molar-refractivity contribution >= 4 is 28.5 Å². The Bertz CT molecular complexity index is 442. The van der Waals surface area contributed by atoms with Crippen LogP contribution in [-0.2, 0) is 0 Å². The number of aromatic amines is 1. The normalized spacial score (nSPS) is 10.7. The zero-order chi connectivity index (χ0) is 9.97. The molecule has 0 aliphatic carbocycles. The number of nitrogens with zero attached hydrogens (tertiary/aromatic N) is 2. The summed E-state index contributed by atoms with van der Waals surface area (Å²) >= 11 is 5.72. The summed E-state index contributed by atoms with van der Waals surface area (Å²) in [5.74, 6) is 0.610. The van der Waals surface area contributed by atoms with Crippen molar-refractivity contribution in [3.8, 4) is 0 Å². The van der Waals surface area contributed by atoms with Gasteiger partial charge in [0.2, 0.25) is 5.28 Å². The summed E-state index contributed by atoms with van der Waals surface area (Å²) in [5, 5.41) is 11.8. The summed E-state index contributed by atoms with van der Waals surface area (Å²) < 4.78 is 0. The van der Waals surface area contributed by atoms with Gasteiger partial charge in [0.1, 0.15) is 5.52 Å². The van der Waals surface area contributed by atoms with Crippen molar-refractivity contribution in [3.05, 3.63) is 17.5 Å². The summed E-state index contributed by atoms with van der Waals surface area (Å²) in [6.07, 6.45) is 1.76. The van der Waals surface area contributed by atoms with Gasteiger partial charge in [-0.05, 0) is 17.7 Å². The third-order valence-corrected chi connectivity index (χ3v) is 1.95. The predicted octanol–water partition coefficient (Wildman–Crippen LogP) is 1.02. The van der Waals surface area contributed by atoms with Gasteiger partial charge in [0.15, 0.2) is 5.82 Å². The molecule has 0 aromatic carbocycles. The number of hydrogen-bond donors (Lipinski definition) is 3. The zero-order valence-electron chi connectivity index (χ0n) is 7.29. The number of anilines is 1. The fraction of sp³-hybridized carbons (Fsp3) is 0.250. The van der Waals surface area contributed by atoms with Crippen molar-refractivity contribution in [2.24, 2.45) is 0 Å². The standard InChI is InChI=1S/C8H9ClN4O/c9-8-12-5-1-2-10-6(5)7(13-8)11-3-4-14/h1-2,10,14H,3-4H2,(H,11,12,13). The number of aliphatic hydroxyl groups is 1. The molecule has 3 N–H and O–H groups in total. The number of H-pyrrole nitrogens is 1. The summed E-state index contributed by atoms with van der Waals surface area (Å²) in [4.78, 5) is 11.0. The molecule has 2 aromatic heterocycles. The average molecular weight is 213 g/mol. The van der Waals surface area contributed by atoms with Crippen LogP contribution in [0, 0.1) is 0 Å². The summed E-state index contributed by atoms with van der Waals surface area (Å²) in [7, 11) is 0. The van der Waals surface area contributed by atoms with Crippen LogP contribution in [0.3, 0.4) is 0 Å². The van der Waals surface area contributed by atoms with Gasteiger partial charge in [0.05, 0.1) is 12.1 Å². The molecule has 5 nitrogen and oxygen atoms in total. The highest BCUT2D eigenvalue weighted by atomic mass is 35.5. The Labute approximate surface area is 85.1 Å². The third-order valence-electron chi connectivity index (χ3n) is 1.78. The van der Waals surface area contributed by atoms with Crippen molar-refractivity contribution in [1.29, 1.82) is 0 Å². The second-order valence-electron chi connectivity index (χ2n) is 2.73. The number of aromatic nitrogens is 3. The summed E-state index contributed by atoms with van der Waals surface area (Å²) in [6.45, 7) is 0.477. The Balaban J connectivity index is 2.44.